The van der Waals surface area contributed by atoms with Crippen molar-refractivity contribution >= 4 is 23.8 Å². The molecule has 1 rings (SSSR count). The minimum Gasteiger partial charge on any atom is -0.480 e. The average molecular weight is 378 g/mol. The molecule has 148 valence electrons. The van der Waals surface area contributed by atoms with Crippen LogP contribution in [0.3, 0.4) is 0 Å². The van der Waals surface area contributed by atoms with Crippen LogP contribution in [0.2, 0.25) is 0 Å². The summed E-state index contributed by atoms with van der Waals surface area (Å²) in [6.45, 7) is 4.66. The highest BCUT2D eigenvalue weighted by Crippen LogP contribution is 2.10. The first-order valence-electron chi connectivity index (χ1n) is 8.75. The van der Waals surface area contributed by atoms with Crippen LogP contribution in [0.15, 0.2) is 30.3 Å². The number of aliphatic carboxylic acids is 1. The first-order valence-corrected chi connectivity index (χ1v) is 8.75. The third-order valence-electron chi connectivity index (χ3n) is 3.87. The largest absolute Gasteiger partial charge is 0.480 e. The summed E-state index contributed by atoms with van der Waals surface area (Å²) < 4.78 is 4.87. The normalized spacial score (nSPS) is 13.7. The lowest BCUT2D eigenvalue weighted by atomic mass is 10.0. The fraction of sp³-hybridized carbons (Fsp3) is 0.474. The minimum atomic E-state index is -1.27. The number of hydrogen-bond donors (Lipinski definition) is 3. The van der Waals surface area contributed by atoms with Crippen molar-refractivity contribution in [2.45, 2.75) is 45.7 Å². The van der Waals surface area contributed by atoms with E-state index in [9.17, 15) is 24.3 Å². The van der Waals surface area contributed by atoms with E-state index in [0.717, 1.165) is 5.56 Å². The number of rotatable bonds is 10. The molecule has 8 heteroatoms. The van der Waals surface area contributed by atoms with Gasteiger partial charge in [-0.1, -0.05) is 37.3 Å². The standard InChI is InChI=1S/C19H26N2O6/c1-4-27-19(26)12(2)10-16(18(24)25)21-17(23)15(20-13(3)22)11-14-8-6-5-7-9-14/h5-9,12,15-16H,4,10-11H2,1-3H3,(H,20,22)(H,21,23)(H,24,25)/t12-,15-,16-/m0/s1. The van der Waals surface area contributed by atoms with Crippen LogP contribution >= 0.6 is 0 Å². The summed E-state index contributed by atoms with van der Waals surface area (Å²) >= 11 is 0. The van der Waals surface area contributed by atoms with Gasteiger partial charge in [0.1, 0.15) is 12.1 Å². The van der Waals surface area contributed by atoms with Gasteiger partial charge in [0.25, 0.3) is 0 Å². The monoisotopic (exact) mass is 378 g/mol. The number of carboxylic acid groups (broad SMARTS) is 1. The van der Waals surface area contributed by atoms with Gasteiger partial charge in [-0.15, -0.1) is 0 Å². The molecule has 0 aliphatic heterocycles. The van der Waals surface area contributed by atoms with Crippen LogP contribution in [0.5, 0.6) is 0 Å². The number of hydrogen-bond acceptors (Lipinski definition) is 5. The van der Waals surface area contributed by atoms with Crippen LogP contribution in [0, 0.1) is 5.92 Å². The molecule has 0 radical (unpaired) electrons. The van der Waals surface area contributed by atoms with Crippen LogP contribution in [-0.4, -0.2) is 47.6 Å². The Kier molecular flexibility index (Phi) is 8.98. The van der Waals surface area contributed by atoms with E-state index >= 15 is 0 Å². The van der Waals surface area contributed by atoms with E-state index in [1.165, 1.54) is 13.8 Å². The highest BCUT2D eigenvalue weighted by molar-refractivity contribution is 5.90. The number of nitrogens with one attached hydrogen (secondary N) is 2. The summed E-state index contributed by atoms with van der Waals surface area (Å²) in [6, 6.07) is 6.85. The third kappa shape index (κ3) is 7.89. The predicted molar refractivity (Wildman–Crippen MR) is 97.7 cm³/mol. The molecule has 0 saturated heterocycles. The Morgan fingerprint density at radius 1 is 1.07 bits per heavy atom. The number of ether oxygens (including phenoxy) is 1. The second-order valence-electron chi connectivity index (χ2n) is 6.23. The molecule has 3 atom stereocenters. The molecule has 0 heterocycles. The Hall–Kier alpha value is -2.90. The van der Waals surface area contributed by atoms with E-state index in [0.29, 0.717) is 0 Å². The zero-order chi connectivity index (χ0) is 20.4. The first-order chi connectivity index (χ1) is 12.7. The maximum Gasteiger partial charge on any atom is 0.326 e. The van der Waals surface area contributed by atoms with Crippen LogP contribution in [0.25, 0.3) is 0 Å². The van der Waals surface area contributed by atoms with Crippen molar-refractivity contribution in [1.82, 2.24) is 10.6 Å². The summed E-state index contributed by atoms with van der Waals surface area (Å²) in [6.07, 6.45) is 0.101. The molecule has 1 aromatic rings. The van der Waals surface area contributed by atoms with E-state index in [1.54, 1.807) is 31.2 Å². The highest BCUT2D eigenvalue weighted by atomic mass is 16.5. The fourth-order valence-corrected chi connectivity index (χ4v) is 2.53. The van der Waals surface area contributed by atoms with Crippen molar-refractivity contribution < 1.29 is 29.0 Å². The highest BCUT2D eigenvalue weighted by Gasteiger charge is 2.29. The number of benzene rings is 1. The van der Waals surface area contributed by atoms with Gasteiger partial charge in [0.15, 0.2) is 0 Å². The summed E-state index contributed by atoms with van der Waals surface area (Å²) in [5.74, 6) is -3.52. The van der Waals surface area contributed by atoms with Gasteiger partial charge in [-0.25, -0.2) is 4.79 Å². The van der Waals surface area contributed by atoms with Gasteiger partial charge in [-0.05, 0) is 18.9 Å². The Balaban J connectivity index is 2.83. The Bertz CT molecular complexity index is 661. The Morgan fingerprint density at radius 2 is 1.70 bits per heavy atom. The van der Waals surface area contributed by atoms with Crippen LogP contribution < -0.4 is 10.6 Å². The van der Waals surface area contributed by atoms with Crippen molar-refractivity contribution in [3.05, 3.63) is 35.9 Å². The Morgan fingerprint density at radius 3 is 2.22 bits per heavy atom. The van der Waals surface area contributed by atoms with Crippen molar-refractivity contribution in [2.24, 2.45) is 5.92 Å². The third-order valence-corrected chi connectivity index (χ3v) is 3.87. The second-order valence-corrected chi connectivity index (χ2v) is 6.23. The topological polar surface area (TPSA) is 122 Å². The smallest absolute Gasteiger partial charge is 0.326 e. The molecule has 0 spiro atoms. The SMILES string of the molecule is CCOC(=O)[C@@H](C)C[C@H](NC(=O)[C@H](Cc1ccccc1)NC(C)=O)C(=O)O. The van der Waals surface area contributed by atoms with Crippen LogP contribution in [0.4, 0.5) is 0 Å². The molecule has 8 nitrogen and oxygen atoms in total. The lowest BCUT2D eigenvalue weighted by Crippen LogP contribution is -2.52. The second kappa shape index (κ2) is 10.9. The molecule has 0 aliphatic rings. The molecular formula is C19H26N2O6. The summed E-state index contributed by atoms with van der Waals surface area (Å²) in [4.78, 5) is 47.2. The van der Waals surface area contributed by atoms with Gasteiger partial charge < -0.3 is 20.5 Å². The van der Waals surface area contributed by atoms with Gasteiger partial charge in [0, 0.05) is 13.3 Å². The fourth-order valence-electron chi connectivity index (χ4n) is 2.53. The molecule has 0 aromatic heterocycles. The summed E-state index contributed by atoms with van der Waals surface area (Å²) in [7, 11) is 0. The van der Waals surface area contributed by atoms with Gasteiger partial charge >= 0.3 is 11.9 Å². The van der Waals surface area contributed by atoms with Crippen molar-refractivity contribution in [3.63, 3.8) is 0 Å². The van der Waals surface area contributed by atoms with E-state index in [1.807, 2.05) is 6.07 Å². The average Bonchev–Trinajstić information content (AvgIpc) is 2.61. The number of carbonyl (C=O) groups is 4. The first kappa shape index (κ1) is 22.1. The zero-order valence-electron chi connectivity index (χ0n) is 15.7. The number of amides is 2. The van der Waals surface area contributed by atoms with Crippen LogP contribution in [0.1, 0.15) is 32.8 Å². The van der Waals surface area contributed by atoms with E-state index in [2.05, 4.69) is 10.6 Å². The molecule has 1 aromatic carbocycles. The lowest BCUT2D eigenvalue weighted by Gasteiger charge is -2.22. The lowest BCUT2D eigenvalue weighted by molar-refractivity contribution is -0.149. The van der Waals surface area contributed by atoms with Gasteiger partial charge in [-0.2, -0.15) is 0 Å². The number of esters is 1. The van der Waals surface area contributed by atoms with Gasteiger partial charge in [-0.3, -0.25) is 14.4 Å². The molecule has 0 bridgehead atoms. The number of carbonyl (C=O) groups excluding carboxylic acids is 3. The molecule has 0 unspecified atom stereocenters. The molecular weight excluding hydrogens is 352 g/mol. The van der Waals surface area contributed by atoms with E-state index in [-0.39, 0.29) is 19.4 Å². The maximum atomic E-state index is 12.6. The van der Waals surface area contributed by atoms with Crippen molar-refractivity contribution in [2.75, 3.05) is 6.61 Å². The van der Waals surface area contributed by atoms with E-state index < -0.39 is 41.8 Å². The molecule has 0 aliphatic carbocycles. The number of carboxylic acids is 1. The molecule has 27 heavy (non-hydrogen) atoms. The van der Waals surface area contributed by atoms with Gasteiger partial charge in [0.05, 0.1) is 12.5 Å². The summed E-state index contributed by atoms with van der Waals surface area (Å²) in [5.41, 5.74) is 0.818. The quantitative estimate of drug-likeness (QED) is 0.520. The van der Waals surface area contributed by atoms with Crippen molar-refractivity contribution in [1.29, 1.82) is 0 Å². The zero-order valence-corrected chi connectivity index (χ0v) is 15.7. The molecule has 3 N–H and O–H groups in total. The molecule has 0 saturated carbocycles. The van der Waals surface area contributed by atoms with Crippen LogP contribution in [-0.2, 0) is 30.3 Å². The van der Waals surface area contributed by atoms with E-state index in [4.69, 9.17) is 4.74 Å². The molecule has 2 amide bonds. The maximum absolute atomic E-state index is 12.6. The van der Waals surface area contributed by atoms with Gasteiger partial charge in [0.2, 0.25) is 11.8 Å². The minimum absolute atomic E-state index is 0.113. The summed E-state index contributed by atoms with van der Waals surface area (Å²) in [5, 5.41) is 14.3. The predicted octanol–water partition coefficient (Wildman–Crippen LogP) is 0.893. The molecule has 0 fully saturated rings. The van der Waals surface area contributed by atoms with Crippen molar-refractivity contribution in [3.8, 4) is 0 Å². The Labute approximate surface area is 158 Å².